The molecule has 0 bridgehead atoms. The van der Waals surface area contributed by atoms with Crippen LogP contribution in [0.4, 0.5) is 0 Å². The van der Waals surface area contributed by atoms with Crippen molar-refractivity contribution in [2.75, 3.05) is 0 Å². The van der Waals surface area contributed by atoms with Gasteiger partial charge < -0.3 is 0 Å². The third-order valence-electron chi connectivity index (χ3n) is 4.97. The summed E-state index contributed by atoms with van der Waals surface area (Å²) in [4.78, 5) is 0. The van der Waals surface area contributed by atoms with Gasteiger partial charge in [0.2, 0.25) is 0 Å². The van der Waals surface area contributed by atoms with Gasteiger partial charge in [-0.2, -0.15) is 0 Å². The molecule has 0 spiro atoms. The summed E-state index contributed by atoms with van der Waals surface area (Å²) >= 11 is 0. The molecule has 0 N–H and O–H groups in total. The molecule has 1 aromatic carbocycles. The summed E-state index contributed by atoms with van der Waals surface area (Å²) in [5.41, 5.74) is 6.48. The lowest BCUT2D eigenvalue weighted by Gasteiger charge is -2.31. The second kappa shape index (κ2) is 5.50. The Balaban J connectivity index is 2.40. The van der Waals surface area contributed by atoms with Gasteiger partial charge in [0, 0.05) is 5.04 Å². The Morgan fingerprint density at radius 1 is 1.00 bits per heavy atom. The largest absolute Gasteiger partial charge is 0.0705 e. The van der Waals surface area contributed by atoms with E-state index in [1.165, 1.54) is 12.8 Å². The van der Waals surface area contributed by atoms with Crippen molar-refractivity contribution in [3.05, 3.63) is 52.6 Å². The van der Waals surface area contributed by atoms with Crippen LogP contribution in [0.1, 0.15) is 47.5 Å². The van der Waals surface area contributed by atoms with E-state index in [1.54, 1.807) is 27.5 Å². The lowest BCUT2D eigenvalue weighted by molar-refractivity contribution is 0.750. The Morgan fingerprint density at radius 3 is 2.21 bits per heavy atom. The van der Waals surface area contributed by atoms with Gasteiger partial charge in [0.1, 0.15) is 0 Å². The van der Waals surface area contributed by atoms with Crippen LogP contribution in [0.2, 0.25) is 5.04 Å². The second-order valence-electron chi connectivity index (χ2n) is 6.10. The number of benzene rings is 1. The van der Waals surface area contributed by atoms with E-state index < -0.39 is 0 Å². The van der Waals surface area contributed by atoms with Crippen molar-refractivity contribution < 1.29 is 0 Å². The van der Waals surface area contributed by atoms with E-state index in [9.17, 15) is 0 Å². The Hall–Kier alpha value is -1.08. The zero-order chi connectivity index (χ0) is 14.0. The fourth-order valence-electron chi connectivity index (χ4n) is 3.52. The molecule has 0 fully saturated rings. The van der Waals surface area contributed by atoms with Gasteiger partial charge in [-0.3, -0.25) is 0 Å². The molecule has 0 saturated heterocycles. The maximum atomic E-state index is 2.49. The van der Waals surface area contributed by atoms with Crippen LogP contribution in [0, 0.1) is 0 Å². The Labute approximate surface area is 120 Å². The third-order valence-corrected chi connectivity index (χ3v) is 7.52. The Bertz CT molecular complexity index is 522. The molecule has 1 aromatic rings. The van der Waals surface area contributed by atoms with E-state index in [1.807, 2.05) is 0 Å². The molecule has 1 atom stereocenters. The minimum atomic E-state index is -0.326. The minimum Gasteiger partial charge on any atom is -0.0656 e. The summed E-state index contributed by atoms with van der Waals surface area (Å²) in [6.45, 7) is 11.8. The first-order chi connectivity index (χ1) is 9.00. The second-order valence-corrected chi connectivity index (χ2v) is 8.68. The van der Waals surface area contributed by atoms with Gasteiger partial charge in [-0.25, -0.2) is 0 Å². The summed E-state index contributed by atoms with van der Waals surface area (Å²) in [5.74, 6) is 0. The Kier molecular flexibility index (Phi) is 4.15. The van der Waals surface area contributed by atoms with Crippen LogP contribution in [0.15, 0.2) is 52.6 Å². The molecule has 1 aliphatic rings. The number of allylic oxidation sites excluding steroid dienone is 4. The normalized spacial score (nSPS) is 24.1. The van der Waals surface area contributed by atoms with Crippen LogP contribution in [0.25, 0.3) is 0 Å². The lowest BCUT2D eigenvalue weighted by Crippen LogP contribution is -2.29. The van der Waals surface area contributed by atoms with Crippen molar-refractivity contribution in [2.24, 2.45) is 0 Å². The first-order valence-corrected chi connectivity index (χ1v) is 8.84. The summed E-state index contributed by atoms with van der Waals surface area (Å²) in [6, 6.07) is 11.1. The highest BCUT2D eigenvalue weighted by atomic mass is 28.2. The van der Waals surface area contributed by atoms with E-state index in [0.717, 1.165) is 0 Å². The molecule has 0 heterocycles. The molecule has 2 rings (SSSR count). The van der Waals surface area contributed by atoms with Gasteiger partial charge in [-0.15, -0.1) is 0 Å². The highest BCUT2D eigenvalue weighted by Gasteiger charge is 2.37. The zero-order valence-electron chi connectivity index (χ0n) is 13.0. The van der Waals surface area contributed by atoms with E-state index in [2.05, 4.69) is 65.0 Å². The minimum absolute atomic E-state index is 0.326. The number of hydrogen-bond acceptors (Lipinski definition) is 0. The van der Waals surface area contributed by atoms with Gasteiger partial charge in [-0.05, 0) is 38.3 Å². The quantitative estimate of drug-likeness (QED) is 0.722. The van der Waals surface area contributed by atoms with Crippen LogP contribution in [-0.4, -0.2) is 9.52 Å². The SMILES string of the molecule is CCCC1=C(C)C(C)=C(C)C1(C)[SiH2]c1ccccc1. The zero-order valence-corrected chi connectivity index (χ0v) is 14.4. The van der Waals surface area contributed by atoms with Gasteiger partial charge in [0.05, 0.1) is 9.52 Å². The van der Waals surface area contributed by atoms with E-state index in [0.29, 0.717) is 5.04 Å². The fraction of sp³-hybridized carbons (Fsp3) is 0.444. The Morgan fingerprint density at radius 2 is 1.63 bits per heavy atom. The molecule has 102 valence electrons. The maximum absolute atomic E-state index is 2.49. The van der Waals surface area contributed by atoms with Crippen LogP contribution in [0.5, 0.6) is 0 Å². The van der Waals surface area contributed by atoms with E-state index >= 15 is 0 Å². The molecule has 0 nitrogen and oxygen atoms in total. The van der Waals surface area contributed by atoms with Crippen LogP contribution >= 0.6 is 0 Å². The van der Waals surface area contributed by atoms with Crippen LogP contribution in [-0.2, 0) is 0 Å². The summed E-state index contributed by atoms with van der Waals surface area (Å²) in [5, 5.41) is 1.95. The topological polar surface area (TPSA) is 0 Å². The molecular formula is C18H26Si. The maximum Gasteiger partial charge on any atom is 0.0705 e. The molecule has 0 saturated carbocycles. The predicted molar refractivity (Wildman–Crippen MR) is 89.0 cm³/mol. The summed E-state index contributed by atoms with van der Waals surface area (Å²) in [7, 11) is -0.326. The van der Waals surface area contributed by atoms with Gasteiger partial charge in [0.25, 0.3) is 0 Å². The predicted octanol–water partition coefficient (Wildman–Crippen LogP) is 4.13. The first-order valence-electron chi connectivity index (χ1n) is 7.43. The average molecular weight is 270 g/mol. The molecule has 0 aromatic heterocycles. The molecule has 0 amide bonds. The number of hydrogen-bond donors (Lipinski definition) is 0. The van der Waals surface area contributed by atoms with Crippen LogP contribution in [0.3, 0.4) is 0 Å². The fourth-order valence-corrected chi connectivity index (χ4v) is 6.03. The highest BCUT2D eigenvalue weighted by Crippen LogP contribution is 2.53. The lowest BCUT2D eigenvalue weighted by atomic mass is 9.93. The monoisotopic (exact) mass is 270 g/mol. The molecule has 1 unspecified atom stereocenters. The van der Waals surface area contributed by atoms with Gasteiger partial charge >= 0.3 is 0 Å². The van der Waals surface area contributed by atoms with E-state index in [-0.39, 0.29) is 9.52 Å². The first kappa shape index (κ1) is 14.3. The van der Waals surface area contributed by atoms with Crippen molar-refractivity contribution in [1.29, 1.82) is 0 Å². The third kappa shape index (κ3) is 2.49. The molecule has 0 aliphatic heterocycles. The van der Waals surface area contributed by atoms with Crippen LogP contribution < -0.4 is 5.19 Å². The summed E-state index contributed by atoms with van der Waals surface area (Å²) in [6.07, 6.45) is 2.52. The van der Waals surface area contributed by atoms with Crippen molar-refractivity contribution >= 4 is 14.7 Å². The smallest absolute Gasteiger partial charge is 0.0656 e. The summed E-state index contributed by atoms with van der Waals surface area (Å²) < 4.78 is 0. The van der Waals surface area contributed by atoms with Crippen molar-refractivity contribution in [1.82, 2.24) is 0 Å². The molecule has 0 radical (unpaired) electrons. The average Bonchev–Trinajstić information content (AvgIpc) is 2.56. The van der Waals surface area contributed by atoms with Crippen molar-refractivity contribution in [3.63, 3.8) is 0 Å². The molecule has 1 heteroatoms. The number of rotatable bonds is 4. The molecule has 1 aliphatic carbocycles. The van der Waals surface area contributed by atoms with Crippen molar-refractivity contribution in [3.8, 4) is 0 Å². The standard InChI is InChI=1S/C18H26Si/c1-6-10-17-14(3)13(2)15(4)18(17,5)19-16-11-8-7-9-12-16/h7-9,11-12H,6,10,19H2,1-5H3. The molecular weight excluding hydrogens is 244 g/mol. The van der Waals surface area contributed by atoms with Gasteiger partial charge in [-0.1, -0.05) is 66.9 Å². The van der Waals surface area contributed by atoms with Gasteiger partial charge in [0.15, 0.2) is 0 Å². The van der Waals surface area contributed by atoms with Crippen molar-refractivity contribution in [2.45, 2.75) is 52.5 Å². The molecule has 19 heavy (non-hydrogen) atoms. The highest BCUT2D eigenvalue weighted by molar-refractivity contribution is 6.58. The van der Waals surface area contributed by atoms with E-state index in [4.69, 9.17) is 0 Å².